The molecule has 0 aliphatic rings. The van der Waals surface area contributed by atoms with Gasteiger partial charge in [-0.2, -0.15) is 0 Å². The van der Waals surface area contributed by atoms with E-state index in [1.54, 1.807) is 23.1 Å². The zero-order valence-electron chi connectivity index (χ0n) is 7.51. The fraction of sp³-hybridized carbons (Fsp3) is 0.200. The van der Waals surface area contributed by atoms with Gasteiger partial charge in [0.25, 0.3) is 0 Å². The van der Waals surface area contributed by atoms with Gasteiger partial charge < -0.3 is 0 Å². The summed E-state index contributed by atoms with van der Waals surface area (Å²) in [7, 11) is 0. The Morgan fingerprint density at radius 2 is 2.21 bits per heavy atom. The van der Waals surface area contributed by atoms with E-state index < -0.39 is 0 Å². The van der Waals surface area contributed by atoms with Gasteiger partial charge in [0.15, 0.2) is 0 Å². The number of hydrogen-bond acceptors (Lipinski definition) is 2. The van der Waals surface area contributed by atoms with Crippen molar-refractivity contribution in [2.24, 2.45) is 0 Å². The van der Waals surface area contributed by atoms with Crippen LogP contribution in [0.5, 0.6) is 0 Å². The molecule has 0 nitrogen and oxygen atoms in total. The van der Waals surface area contributed by atoms with Crippen molar-refractivity contribution in [3.8, 4) is 0 Å². The standard InChI is InChI=1S/C10H8Cl2S2/c1-13-8-4-6-2-3-7(5-11)9(12)10(6)14-8/h2-4H,5H2,1H3. The van der Waals surface area contributed by atoms with E-state index in [4.69, 9.17) is 23.2 Å². The van der Waals surface area contributed by atoms with Gasteiger partial charge in [0.1, 0.15) is 0 Å². The number of thiophene rings is 1. The lowest BCUT2D eigenvalue weighted by Gasteiger charge is -1.99. The molecule has 74 valence electrons. The quantitative estimate of drug-likeness (QED) is 0.541. The molecule has 0 unspecified atom stereocenters. The first-order valence-electron chi connectivity index (χ1n) is 4.07. The molecular formula is C10H8Cl2S2. The van der Waals surface area contributed by atoms with E-state index >= 15 is 0 Å². The molecule has 0 atom stereocenters. The molecule has 1 heterocycles. The van der Waals surface area contributed by atoms with Gasteiger partial charge in [0.2, 0.25) is 0 Å². The molecule has 0 amide bonds. The average molecular weight is 263 g/mol. The maximum Gasteiger partial charge on any atom is 0.0628 e. The Morgan fingerprint density at radius 3 is 2.86 bits per heavy atom. The highest BCUT2D eigenvalue weighted by atomic mass is 35.5. The Hall–Kier alpha value is 0.110. The predicted molar refractivity (Wildman–Crippen MR) is 68.2 cm³/mol. The van der Waals surface area contributed by atoms with E-state index in [1.807, 2.05) is 6.07 Å². The Bertz CT molecular complexity index is 462. The summed E-state index contributed by atoms with van der Waals surface area (Å²) in [5.74, 6) is 0.473. The van der Waals surface area contributed by atoms with Gasteiger partial charge in [-0.3, -0.25) is 0 Å². The van der Waals surface area contributed by atoms with Gasteiger partial charge in [0, 0.05) is 5.88 Å². The van der Waals surface area contributed by atoms with Gasteiger partial charge in [-0.1, -0.05) is 23.7 Å². The first-order valence-corrected chi connectivity index (χ1v) is 7.02. The molecular weight excluding hydrogens is 255 g/mol. The van der Waals surface area contributed by atoms with Crippen molar-refractivity contribution in [1.82, 2.24) is 0 Å². The third kappa shape index (κ3) is 1.76. The molecule has 0 spiro atoms. The SMILES string of the molecule is CSc1cc2ccc(CCl)c(Cl)c2s1. The van der Waals surface area contributed by atoms with Crippen molar-refractivity contribution in [3.05, 3.63) is 28.8 Å². The topological polar surface area (TPSA) is 0 Å². The molecule has 0 aliphatic heterocycles. The maximum atomic E-state index is 6.23. The summed E-state index contributed by atoms with van der Waals surface area (Å²) < 4.78 is 2.43. The molecule has 2 aromatic rings. The zero-order chi connectivity index (χ0) is 10.1. The summed E-state index contributed by atoms with van der Waals surface area (Å²) in [6, 6.07) is 6.23. The van der Waals surface area contributed by atoms with Crippen LogP contribution in [0.25, 0.3) is 10.1 Å². The molecule has 2 rings (SSSR count). The van der Waals surface area contributed by atoms with Crippen molar-refractivity contribution in [2.75, 3.05) is 6.26 Å². The van der Waals surface area contributed by atoms with Gasteiger partial charge in [-0.15, -0.1) is 34.7 Å². The van der Waals surface area contributed by atoms with Crippen LogP contribution in [0.1, 0.15) is 5.56 Å². The summed E-state index contributed by atoms with van der Waals surface area (Å²) in [4.78, 5) is 0. The van der Waals surface area contributed by atoms with E-state index in [1.165, 1.54) is 9.60 Å². The molecule has 0 N–H and O–H groups in total. The number of alkyl halides is 1. The minimum atomic E-state index is 0.473. The molecule has 0 bridgehead atoms. The van der Waals surface area contributed by atoms with Crippen molar-refractivity contribution < 1.29 is 0 Å². The smallest absolute Gasteiger partial charge is 0.0628 e. The lowest BCUT2D eigenvalue weighted by molar-refractivity contribution is 1.43. The van der Waals surface area contributed by atoms with Crippen LogP contribution in [0.4, 0.5) is 0 Å². The monoisotopic (exact) mass is 262 g/mol. The number of fused-ring (bicyclic) bond motifs is 1. The van der Waals surface area contributed by atoms with Crippen LogP contribution in [0.3, 0.4) is 0 Å². The molecule has 0 aliphatic carbocycles. The zero-order valence-corrected chi connectivity index (χ0v) is 10.7. The highest BCUT2D eigenvalue weighted by Gasteiger charge is 2.08. The Morgan fingerprint density at radius 1 is 1.43 bits per heavy atom. The molecule has 1 aromatic heterocycles. The normalized spacial score (nSPS) is 11.1. The Balaban J connectivity index is 2.68. The highest BCUT2D eigenvalue weighted by Crippen LogP contribution is 2.37. The summed E-state index contributed by atoms with van der Waals surface area (Å²) >= 11 is 15.5. The largest absolute Gasteiger partial charge is 0.127 e. The molecule has 0 saturated carbocycles. The van der Waals surface area contributed by atoms with Crippen LogP contribution in [0.15, 0.2) is 22.4 Å². The number of rotatable bonds is 2. The van der Waals surface area contributed by atoms with Crippen LogP contribution in [0.2, 0.25) is 5.02 Å². The van der Waals surface area contributed by atoms with Gasteiger partial charge in [-0.25, -0.2) is 0 Å². The second-order valence-corrected chi connectivity index (χ2v) is 5.66. The van der Waals surface area contributed by atoms with Crippen molar-refractivity contribution in [3.63, 3.8) is 0 Å². The maximum absolute atomic E-state index is 6.23. The summed E-state index contributed by atoms with van der Waals surface area (Å²) in [6.07, 6.45) is 2.07. The second kappa shape index (κ2) is 4.31. The number of benzene rings is 1. The molecule has 1 aromatic carbocycles. The molecule has 0 saturated heterocycles. The third-order valence-corrected chi connectivity index (χ3v) is 5.09. The van der Waals surface area contributed by atoms with E-state index in [0.717, 1.165) is 15.3 Å². The fourth-order valence-corrected chi connectivity index (χ4v) is 3.62. The lowest BCUT2D eigenvalue weighted by atomic mass is 10.2. The summed E-state index contributed by atoms with van der Waals surface area (Å²) in [5.41, 5.74) is 1.01. The van der Waals surface area contributed by atoms with E-state index in [-0.39, 0.29) is 0 Å². The molecule has 4 heteroatoms. The second-order valence-electron chi connectivity index (χ2n) is 2.86. The van der Waals surface area contributed by atoms with E-state index in [0.29, 0.717) is 5.88 Å². The first-order chi connectivity index (χ1) is 6.76. The summed E-state index contributed by atoms with van der Waals surface area (Å²) in [5, 5.41) is 2.01. The van der Waals surface area contributed by atoms with Gasteiger partial charge >= 0.3 is 0 Å². The molecule has 0 radical (unpaired) electrons. The minimum Gasteiger partial charge on any atom is -0.127 e. The predicted octanol–water partition coefficient (Wildman–Crippen LogP) is 5.02. The van der Waals surface area contributed by atoms with Crippen LogP contribution >= 0.6 is 46.3 Å². The number of hydrogen-bond donors (Lipinski definition) is 0. The highest BCUT2D eigenvalue weighted by molar-refractivity contribution is 8.00. The number of halogens is 2. The van der Waals surface area contributed by atoms with Gasteiger partial charge in [-0.05, 0) is 23.3 Å². The van der Waals surface area contributed by atoms with Crippen LogP contribution in [0, 0.1) is 0 Å². The minimum absolute atomic E-state index is 0.473. The average Bonchev–Trinajstić information content (AvgIpc) is 2.62. The van der Waals surface area contributed by atoms with Crippen LogP contribution < -0.4 is 0 Å². The molecule has 0 fully saturated rings. The fourth-order valence-electron chi connectivity index (χ4n) is 1.29. The molecule has 14 heavy (non-hydrogen) atoms. The van der Waals surface area contributed by atoms with Crippen molar-refractivity contribution in [2.45, 2.75) is 10.1 Å². The Kier molecular flexibility index (Phi) is 3.27. The van der Waals surface area contributed by atoms with Gasteiger partial charge in [0.05, 0.1) is 13.9 Å². The van der Waals surface area contributed by atoms with Crippen molar-refractivity contribution >= 4 is 56.4 Å². The van der Waals surface area contributed by atoms with Crippen LogP contribution in [-0.4, -0.2) is 6.26 Å². The number of thioether (sulfide) groups is 1. The van der Waals surface area contributed by atoms with Crippen LogP contribution in [-0.2, 0) is 5.88 Å². The van der Waals surface area contributed by atoms with E-state index in [9.17, 15) is 0 Å². The van der Waals surface area contributed by atoms with E-state index in [2.05, 4.69) is 18.4 Å². The lowest BCUT2D eigenvalue weighted by Crippen LogP contribution is -1.78. The first kappa shape index (κ1) is 10.6. The van der Waals surface area contributed by atoms with Crippen molar-refractivity contribution in [1.29, 1.82) is 0 Å². The third-order valence-electron chi connectivity index (χ3n) is 2.03. The summed E-state index contributed by atoms with van der Waals surface area (Å²) in [6.45, 7) is 0. The Labute approximate surface area is 101 Å².